The molecule has 4 fully saturated rings. The summed E-state index contributed by atoms with van der Waals surface area (Å²) in [6.07, 6.45) is 9.77. The minimum absolute atomic E-state index is 0.0932. The molecule has 1 spiro atoms. The van der Waals surface area contributed by atoms with Crippen LogP contribution >= 0.6 is 0 Å². The van der Waals surface area contributed by atoms with Gasteiger partial charge in [0, 0.05) is 0 Å². The highest BCUT2D eigenvalue weighted by atomic mass is 16.6. The molecule has 3 saturated carbocycles. The van der Waals surface area contributed by atoms with Gasteiger partial charge in [-0.15, -0.1) is 0 Å². The fourth-order valence-corrected chi connectivity index (χ4v) is 8.83. The first kappa shape index (κ1) is 19.6. The van der Waals surface area contributed by atoms with Crippen molar-refractivity contribution in [2.45, 2.75) is 97.4 Å². The number of epoxide rings is 1. The quantitative estimate of drug-likeness (QED) is 0.541. The molecule has 0 aromatic carbocycles. The van der Waals surface area contributed by atoms with Crippen LogP contribution in [0, 0.1) is 39.9 Å². The van der Waals surface area contributed by atoms with Gasteiger partial charge in [-0.25, -0.2) is 0 Å². The summed E-state index contributed by atoms with van der Waals surface area (Å²) < 4.78 is 5.43. The summed E-state index contributed by atoms with van der Waals surface area (Å²) in [7, 11) is 0. The topological polar surface area (TPSA) is 53.0 Å². The smallest absolute Gasteiger partial charge is 0.117 e. The third-order valence-electron chi connectivity index (χ3n) is 10.4. The molecule has 0 aromatic rings. The van der Waals surface area contributed by atoms with Crippen molar-refractivity contribution in [3.63, 3.8) is 0 Å². The highest BCUT2D eigenvalue weighted by Crippen LogP contribution is 2.74. The Morgan fingerprint density at radius 2 is 1.79 bits per heavy atom. The number of rotatable bonds is 4. The SMILES string of the molecule is C[C@H]1CC[C@@]23C1=C[C@@]1(C)CC[C@](C)(C[C@@H](O)[C@H](O)[C@@]4(C)CO4)[C@H]1[C@@H]2CC[C@@H]3C. The Morgan fingerprint density at radius 3 is 2.46 bits per heavy atom. The maximum absolute atomic E-state index is 11.0. The molecule has 10 atom stereocenters. The summed E-state index contributed by atoms with van der Waals surface area (Å²) in [6, 6.07) is 0. The van der Waals surface area contributed by atoms with Crippen LogP contribution in [0.15, 0.2) is 11.6 Å². The van der Waals surface area contributed by atoms with Crippen molar-refractivity contribution in [3.05, 3.63) is 11.6 Å². The van der Waals surface area contributed by atoms with E-state index in [1.165, 1.54) is 32.1 Å². The number of aliphatic hydroxyl groups is 2. The van der Waals surface area contributed by atoms with Crippen LogP contribution in [0.4, 0.5) is 0 Å². The normalized spacial score (nSPS) is 56.6. The molecule has 0 aromatic heterocycles. The first-order valence-electron chi connectivity index (χ1n) is 11.8. The molecule has 0 amide bonds. The highest BCUT2D eigenvalue weighted by molar-refractivity contribution is 5.36. The van der Waals surface area contributed by atoms with E-state index in [0.29, 0.717) is 24.4 Å². The number of allylic oxidation sites excluding steroid dienone is 2. The second-order valence-electron chi connectivity index (χ2n) is 12.1. The van der Waals surface area contributed by atoms with Gasteiger partial charge in [0.15, 0.2) is 0 Å². The largest absolute Gasteiger partial charge is 0.390 e. The lowest BCUT2D eigenvalue weighted by molar-refractivity contribution is -0.0688. The van der Waals surface area contributed by atoms with E-state index in [4.69, 9.17) is 4.74 Å². The van der Waals surface area contributed by atoms with Gasteiger partial charge >= 0.3 is 0 Å². The molecule has 5 rings (SSSR count). The van der Waals surface area contributed by atoms with E-state index >= 15 is 0 Å². The lowest BCUT2D eigenvalue weighted by Gasteiger charge is -2.54. The fraction of sp³-hybridized carbons (Fsp3) is 0.920. The molecular weight excluding hydrogens is 348 g/mol. The van der Waals surface area contributed by atoms with Crippen molar-refractivity contribution in [2.75, 3.05) is 6.61 Å². The number of aliphatic hydroxyl groups excluding tert-OH is 2. The first-order chi connectivity index (χ1) is 13.1. The first-order valence-corrected chi connectivity index (χ1v) is 11.8. The number of ether oxygens (including phenoxy) is 1. The average Bonchev–Trinajstić information content (AvgIpc) is 3.08. The molecule has 1 heterocycles. The zero-order valence-electron chi connectivity index (χ0n) is 18.5. The van der Waals surface area contributed by atoms with Crippen molar-refractivity contribution < 1.29 is 14.9 Å². The summed E-state index contributed by atoms with van der Waals surface area (Å²) in [4.78, 5) is 0. The second kappa shape index (κ2) is 5.86. The maximum Gasteiger partial charge on any atom is 0.117 e. The van der Waals surface area contributed by atoms with Gasteiger partial charge in [-0.3, -0.25) is 0 Å². The van der Waals surface area contributed by atoms with Crippen molar-refractivity contribution in [1.29, 1.82) is 0 Å². The Bertz CT molecular complexity index is 696. The molecule has 2 N–H and O–H groups in total. The second-order valence-corrected chi connectivity index (χ2v) is 12.1. The zero-order chi connectivity index (χ0) is 20.1. The fourth-order valence-electron chi connectivity index (χ4n) is 8.83. The highest BCUT2D eigenvalue weighted by Gasteiger charge is 2.67. The molecule has 158 valence electrons. The summed E-state index contributed by atoms with van der Waals surface area (Å²) in [5, 5.41) is 21.6. The molecule has 28 heavy (non-hydrogen) atoms. The molecule has 3 heteroatoms. The lowest BCUT2D eigenvalue weighted by atomic mass is 9.50. The van der Waals surface area contributed by atoms with Crippen molar-refractivity contribution >= 4 is 0 Å². The van der Waals surface area contributed by atoms with Gasteiger partial charge < -0.3 is 14.9 Å². The average molecular weight is 389 g/mol. The summed E-state index contributed by atoms with van der Waals surface area (Å²) in [5.41, 5.74) is 2.04. The standard InChI is InChI=1S/C25H40O3/c1-15-8-9-25-16(2)6-7-17(25)20-22(3,12-18(15)25)10-11-23(20,4)13-19(26)21(27)24(5)14-28-24/h12,15-17,19-21,26-27H,6-11,13-14H2,1-5H3/t15-,16-,17-,19+,20-,21-,22+,23+,24+,25-/m0/s1. The van der Waals surface area contributed by atoms with Crippen molar-refractivity contribution in [2.24, 2.45) is 39.9 Å². The molecule has 0 bridgehead atoms. The Morgan fingerprint density at radius 1 is 1.07 bits per heavy atom. The summed E-state index contributed by atoms with van der Waals surface area (Å²) >= 11 is 0. The Hall–Kier alpha value is -0.380. The predicted molar refractivity (Wildman–Crippen MR) is 111 cm³/mol. The van der Waals surface area contributed by atoms with Gasteiger partial charge in [0.25, 0.3) is 0 Å². The van der Waals surface area contributed by atoms with E-state index in [1.54, 1.807) is 5.57 Å². The predicted octanol–water partition coefficient (Wildman–Crippen LogP) is 4.71. The third-order valence-corrected chi connectivity index (χ3v) is 10.4. The van der Waals surface area contributed by atoms with Crippen LogP contribution in [0.25, 0.3) is 0 Å². The van der Waals surface area contributed by atoms with E-state index in [1.807, 2.05) is 6.92 Å². The maximum atomic E-state index is 11.0. The van der Waals surface area contributed by atoms with Gasteiger partial charge in [-0.05, 0) is 91.8 Å². The minimum atomic E-state index is -0.770. The van der Waals surface area contributed by atoms with E-state index in [0.717, 1.165) is 24.2 Å². The molecule has 4 aliphatic carbocycles. The number of fused-ring (bicyclic) bond motifs is 2. The van der Waals surface area contributed by atoms with E-state index in [-0.39, 0.29) is 10.8 Å². The lowest BCUT2D eigenvalue weighted by Crippen LogP contribution is -2.50. The van der Waals surface area contributed by atoms with Crippen molar-refractivity contribution in [1.82, 2.24) is 0 Å². The number of hydrogen-bond donors (Lipinski definition) is 2. The molecule has 0 radical (unpaired) electrons. The monoisotopic (exact) mass is 388 g/mol. The van der Waals surface area contributed by atoms with Crippen molar-refractivity contribution in [3.8, 4) is 0 Å². The molecule has 0 unspecified atom stereocenters. The van der Waals surface area contributed by atoms with Crippen LogP contribution in [-0.2, 0) is 4.74 Å². The van der Waals surface area contributed by atoms with Gasteiger partial charge in [-0.1, -0.05) is 39.3 Å². The van der Waals surface area contributed by atoms with Gasteiger partial charge in [0.1, 0.15) is 11.7 Å². The van der Waals surface area contributed by atoms with Crippen LogP contribution in [0.1, 0.15) is 79.6 Å². The minimum Gasteiger partial charge on any atom is -0.390 e. The van der Waals surface area contributed by atoms with Gasteiger partial charge in [0.05, 0.1) is 12.7 Å². The van der Waals surface area contributed by atoms with Crippen LogP contribution in [0.3, 0.4) is 0 Å². The van der Waals surface area contributed by atoms with Crippen LogP contribution < -0.4 is 0 Å². The third kappa shape index (κ3) is 2.39. The zero-order valence-corrected chi connectivity index (χ0v) is 18.5. The molecule has 1 saturated heterocycles. The van der Waals surface area contributed by atoms with E-state index in [2.05, 4.69) is 33.8 Å². The summed E-state index contributed by atoms with van der Waals surface area (Å²) in [6.45, 7) is 12.4. The number of hydrogen-bond acceptors (Lipinski definition) is 3. The Labute approximate surface area is 170 Å². The summed E-state index contributed by atoms with van der Waals surface area (Å²) in [5.74, 6) is 2.90. The molecule has 5 aliphatic rings. The van der Waals surface area contributed by atoms with Crippen LogP contribution in [-0.4, -0.2) is 34.6 Å². The molecular formula is C25H40O3. The van der Waals surface area contributed by atoms with E-state index < -0.39 is 17.8 Å². The van der Waals surface area contributed by atoms with Crippen LogP contribution in [0.5, 0.6) is 0 Å². The molecule has 1 aliphatic heterocycles. The molecule has 3 nitrogen and oxygen atoms in total. The van der Waals surface area contributed by atoms with E-state index in [9.17, 15) is 10.2 Å². The Kier molecular flexibility index (Phi) is 4.09. The van der Waals surface area contributed by atoms with Crippen LogP contribution in [0.2, 0.25) is 0 Å². The Balaban J connectivity index is 1.50. The van der Waals surface area contributed by atoms with Gasteiger partial charge in [0.2, 0.25) is 0 Å². The van der Waals surface area contributed by atoms with Gasteiger partial charge in [-0.2, -0.15) is 0 Å².